The number of rotatable bonds is 4. The number of aliphatic imine (C=N–C) groups is 2. The van der Waals surface area contributed by atoms with Gasteiger partial charge in [0.1, 0.15) is 23.2 Å². The van der Waals surface area contributed by atoms with Crippen LogP contribution in [0.3, 0.4) is 0 Å². The quantitative estimate of drug-likeness (QED) is 0.195. The molecule has 1 aliphatic heterocycles. The van der Waals surface area contributed by atoms with Crippen LogP contribution in [-0.4, -0.2) is 11.7 Å². The van der Waals surface area contributed by atoms with Crippen LogP contribution in [0.25, 0.3) is 65.4 Å². The highest BCUT2D eigenvalue weighted by Crippen LogP contribution is 2.46. The van der Waals surface area contributed by atoms with Crippen molar-refractivity contribution in [1.29, 1.82) is 0 Å². The lowest BCUT2D eigenvalue weighted by molar-refractivity contribution is 0.665. The topological polar surface area (TPSA) is 49.9 Å². The lowest BCUT2D eigenvalue weighted by atomic mass is 9.83. The van der Waals surface area contributed by atoms with Crippen LogP contribution < -0.4 is 5.32 Å². The normalized spacial score (nSPS) is 16.5. The van der Waals surface area contributed by atoms with Gasteiger partial charge in [-0.1, -0.05) is 158 Å². The molecular formula is C54H37N3O. The third kappa shape index (κ3) is 5.29. The first-order valence-corrected chi connectivity index (χ1v) is 20.2. The lowest BCUT2D eigenvalue weighted by Crippen LogP contribution is -2.33. The van der Waals surface area contributed by atoms with Crippen LogP contribution in [0.5, 0.6) is 0 Å². The summed E-state index contributed by atoms with van der Waals surface area (Å²) in [7, 11) is 0. The van der Waals surface area contributed by atoms with Crippen LogP contribution in [0.15, 0.2) is 196 Å². The van der Waals surface area contributed by atoms with E-state index in [1.807, 2.05) is 0 Å². The second-order valence-electron chi connectivity index (χ2n) is 15.6. The number of amidine groups is 2. The van der Waals surface area contributed by atoms with Crippen LogP contribution in [0, 0.1) is 0 Å². The molecule has 2 heterocycles. The molecule has 0 saturated carbocycles. The summed E-state index contributed by atoms with van der Waals surface area (Å²) in [4.78, 5) is 10.8. The van der Waals surface area contributed by atoms with Crippen molar-refractivity contribution in [3.63, 3.8) is 0 Å². The summed E-state index contributed by atoms with van der Waals surface area (Å²) in [5, 5.41) is 13.3. The Labute approximate surface area is 335 Å². The molecular weight excluding hydrogens is 707 g/mol. The molecule has 0 fully saturated rings. The lowest BCUT2D eigenvalue weighted by Gasteiger charge is -2.26. The Kier molecular flexibility index (Phi) is 7.45. The van der Waals surface area contributed by atoms with Gasteiger partial charge in [0.05, 0.1) is 0 Å². The highest BCUT2D eigenvalue weighted by atomic mass is 16.3. The van der Waals surface area contributed by atoms with Crippen LogP contribution in [0.4, 0.5) is 0 Å². The van der Waals surface area contributed by atoms with E-state index in [4.69, 9.17) is 14.4 Å². The number of para-hydroxylation sites is 1. The molecule has 0 spiro atoms. The highest BCUT2D eigenvalue weighted by molar-refractivity contribution is 6.19. The molecule has 0 radical (unpaired) electrons. The standard InChI is InChI=1S/C54H37N3O/c1-2-16-36-30-47-37(29-35(36)15-1)27-28-43(41-21-7-8-22-42(41)47)48-31-38(32-50-51(48)46-23-9-10-26-49(46)58-50)52-55-53(44-24-11-17-33-13-3-5-19-39(33)44)57-54(56-52)45-25-12-18-34-14-4-6-20-40(34)45/h1-26,29-32,43,53H,27-28H2,(H,55,56,57). The molecule has 0 saturated heterocycles. The van der Waals surface area contributed by atoms with Gasteiger partial charge in [0.2, 0.25) is 0 Å². The van der Waals surface area contributed by atoms with Gasteiger partial charge in [-0.3, -0.25) is 0 Å². The van der Waals surface area contributed by atoms with Crippen molar-refractivity contribution in [3.8, 4) is 11.1 Å². The first-order valence-electron chi connectivity index (χ1n) is 20.2. The average Bonchev–Trinajstić information content (AvgIpc) is 3.59. The van der Waals surface area contributed by atoms with E-state index < -0.39 is 0 Å². The zero-order valence-corrected chi connectivity index (χ0v) is 31.7. The molecule has 0 amide bonds. The fourth-order valence-electron chi connectivity index (χ4n) is 9.65. The van der Waals surface area contributed by atoms with Crippen molar-refractivity contribution < 1.29 is 4.42 Å². The van der Waals surface area contributed by atoms with E-state index >= 15 is 0 Å². The number of aryl methyl sites for hydroxylation is 1. The summed E-state index contributed by atoms with van der Waals surface area (Å²) in [6, 6.07) is 65.5. The van der Waals surface area contributed by atoms with Crippen molar-refractivity contribution in [1.82, 2.24) is 5.32 Å². The first-order chi connectivity index (χ1) is 28.7. The second kappa shape index (κ2) is 13.1. The Bertz CT molecular complexity index is 3340. The smallest absolute Gasteiger partial charge is 0.160 e. The fraction of sp³-hybridized carbons (Fsp3) is 0.0741. The van der Waals surface area contributed by atoms with E-state index in [-0.39, 0.29) is 12.1 Å². The predicted octanol–water partition coefficient (Wildman–Crippen LogP) is 13.3. The average molecular weight is 744 g/mol. The molecule has 2 atom stereocenters. The third-order valence-corrected chi connectivity index (χ3v) is 12.3. The predicted molar refractivity (Wildman–Crippen MR) is 240 cm³/mol. The van der Waals surface area contributed by atoms with Gasteiger partial charge >= 0.3 is 0 Å². The van der Waals surface area contributed by atoms with Gasteiger partial charge in [-0.25, -0.2) is 9.98 Å². The Balaban J connectivity index is 1.08. The molecule has 4 nitrogen and oxygen atoms in total. The van der Waals surface area contributed by atoms with Crippen molar-refractivity contribution in [2.24, 2.45) is 9.98 Å². The molecule has 0 bridgehead atoms. The van der Waals surface area contributed by atoms with Crippen molar-refractivity contribution in [2.45, 2.75) is 24.9 Å². The van der Waals surface area contributed by atoms with E-state index in [9.17, 15) is 0 Å². The monoisotopic (exact) mass is 743 g/mol. The van der Waals surface area contributed by atoms with E-state index in [1.54, 1.807) is 0 Å². The minimum atomic E-state index is -0.371. The number of nitrogens with zero attached hydrogens (tertiary/aromatic N) is 2. The van der Waals surface area contributed by atoms with Gasteiger partial charge in [0, 0.05) is 33.4 Å². The molecule has 12 rings (SSSR count). The second-order valence-corrected chi connectivity index (χ2v) is 15.6. The molecule has 58 heavy (non-hydrogen) atoms. The number of benzene rings is 9. The Morgan fingerprint density at radius 3 is 1.98 bits per heavy atom. The summed E-state index contributed by atoms with van der Waals surface area (Å²) in [6.07, 6.45) is 1.55. The number of hydrogen-bond donors (Lipinski definition) is 1. The summed E-state index contributed by atoms with van der Waals surface area (Å²) < 4.78 is 6.77. The summed E-state index contributed by atoms with van der Waals surface area (Å²) in [5.74, 6) is 1.59. The van der Waals surface area contributed by atoms with Crippen molar-refractivity contribution in [2.75, 3.05) is 0 Å². The highest BCUT2D eigenvalue weighted by Gasteiger charge is 2.30. The molecule has 2 unspecified atom stereocenters. The maximum Gasteiger partial charge on any atom is 0.160 e. The third-order valence-electron chi connectivity index (χ3n) is 12.3. The number of furan rings is 1. The van der Waals surface area contributed by atoms with Gasteiger partial charge in [-0.05, 0) is 97.2 Å². The molecule has 1 aliphatic carbocycles. The van der Waals surface area contributed by atoms with Crippen LogP contribution in [0.2, 0.25) is 0 Å². The molecule has 1 aromatic heterocycles. The Morgan fingerprint density at radius 2 is 1.12 bits per heavy atom. The molecule has 4 heteroatoms. The Hall–Kier alpha value is -7.30. The van der Waals surface area contributed by atoms with Crippen molar-refractivity contribution >= 4 is 65.9 Å². The Morgan fingerprint density at radius 1 is 0.483 bits per heavy atom. The van der Waals surface area contributed by atoms with E-state index in [1.165, 1.54) is 54.7 Å². The fourth-order valence-corrected chi connectivity index (χ4v) is 9.65. The van der Waals surface area contributed by atoms with Crippen LogP contribution in [-0.2, 0) is 6.42 Å². The van der Waals surface area contributed by atoms with Crippen molar-refractivity contribution in [3.05, 3.63) is 215 Å². The minimum Gasteiger partial charge on any atom is -0.456 e. The van der Waals surface area contributed by atoms with E-state index in [2.05, 4.69) is 187 Å². The number of nitrogens with one attached hydrogen (secondary N) is 1. The molecule has 9 aromatic carbocycles. The summed E-state index contributed by atoms with van der Waals surface area (Å²) in [5.41, 5.74) is 11.4. The number of fused-ring (bicyclic) bond motifs is 9. The SMILES string of the molecule is c1ccc2c(c1)-c1cc3ccccc3cc1CCC2c1cc(C2=NC(c3cccc4ccccc34)=NC(c3cccc4ccccc34)N2)cc2oc3ccccc3c12. The van der Waals surface area contributed by atoms with E-state index in [0.29, 0.717) is 5.84 Å². The molecule has 10 aromatic rings. The maximum absolute atomic E-state index is 6.77. The van der Waals surface area contributed by atoms with Gasteiger partial charge in [-0.15, -0.1) is 0 Å². The van der Waals surface area contributed by atoms with Gasteiger partial charge in [0.15, 0.2) is 5.84 Å². The van der Waals surface area contributed by atoms with E-state index in [0.717, 1.165) is 62.7 Å². The van der Waals surface area contributed by atoms with Gasteiger partial charge in [-0.2, -0.15) is 0 Å². The minimum absolute atomic E-state index is 0.111. The maximum atomic E-state index is 6.77. The summed E-state index contributed by atoms with van der Waals surface area (Å²) in [6.45, 7) is 0. The first kappa shape index (κ1) is 32.9. The van der Waals surface area contributed by atoms with Crippen LogP contribution >= 0.6 is 0 Å². The molecule has 274 valence electrons. The zero-order valence-electron chi connectivity index (χ0n) is 31.7. The molecule has 2 aliphatic rings. The van der Waals surface area contributed by atoms with Gasteiger partial charge < -0.3 is 9.73 Å². The summed E-state index contributed by atoms with van der Waals surface area (Å²) >= 11 is 0. The van der Waals surface area contributed by atoms with Gasteiger partial charge in [0.25, 0.3) is 0 Å². The molecule has 1 N–H and O–H groups in total. The number of hydrogen-bond acceptors (Lipinski definition) is 4. The zero-order chi connectivity index (χ0) is 38.2. The largest absolute Gasteiger partial charge is 0.456 e. The van der Waals surface area contributed by atoms with Crippen LogP contribution in [0.1, 0.15) is 51.9 Å².